The topological polar surface area (TPSA) is 104 Å². The normalized spacial score (nSPS) is 17.8. The van der Waals surface area contributed by atoms with Gasteiger partial charge in [0.2, 0.25) is 5.88 Å². The maximum atomic E-state index is 12.4. The van der Waals surface area contributed by atoms with Crippen molar-refractivity contribution in [3.05, 3.63) is 63.4 Å². The molecule has 0 aromatic carbocycles. The van der Waals surface area contributed by atoms with Crippen LogP contribution in [0.4, 0.5) is 5.69 Å². The zero-order valence-corrected chi connectivity index (χ0v) is 16.6. The van der Waals surface area contributed by atoms with Gasteiger partial charge < -0.3 is 10.1 Å². The zero-order chi connectivity index (χ0) is 20.5. The van der Waals surface area contributed by atoms with Crippen molar-refractivity contribution in [2.45, 2.75) is 12.3 Å². The molecule has 2 unspecified atom stereocenters. The van der Waals surface area contributed by atoms with E-state index in [0.29, 0.717) is 18.4 Å². The number of pyridine rings is 1. The van der Waals surface area contributed by atoms with E-state index >= 15 is 0 Å². The van der Waals surface area contributed by atoms with E-state index in [1.165, 1.54) is 24.0 Å². The summed E-state index contributed by atoms with van der Waals surface area (Å²) in [6, 6.07) is 7.28. The fraction of sp³-hybridized carbons (Fsp3) is 0.316. The summed E-state index contributed by atoms with van der Waals surface area (Å²) in [7, 11) is 3.11. The van der Waals surface area contributed by atoms with Crippen molar-refractivity contribution in [3.8, 4) is 5.88 Å². The molecule has 1 saturated carbocycles. The van der Waals surface area contributed by atoms with Gasteiger partial charge in [-0.2, -0.15) is 5.10 Å². The van der Waals surface area contributed by atoms with E-state index in [-0.39, 0.29) is 22.3 Å². The largest absolute Gasteiger partial charge is 0.476 e. The monoisotopic (exact) mass is 414 g/mol. The molecule has 0 radical (unpaired) electrons. The fourth-order valence-corrected chi connectivity index (χ4v) is 3.27. The summed E-state index contributed by atoms with van der Waals surface area (Å²) < 4.78 is 8.27. The molecular weight excluding hydrogens is 396 g/mol. The van der Waals surface area contributed by atoms with Gasteiger partial charge in [0.05, 0.1) is 18.4 Å². The number of amides is 1. The molecule has 3 aromatic rings. The van der Waals surface area contributed by atoms with Gasteiger partial charge in [-0.25, -0.2) is 4.68 Å². The number of aryl methyl sites for hydroxylation is 2. The van der Waals surface area contributed by atoms with Crippen molar-refractivity contribution < 1.29 is 9.53 Å². The van der Waals surface area contributed by atoms with Crippen molar-refractivity contribution in [3.63, 3.8) is 0 Å². The van der Waals surface area contributed by atoms with Gasteiger partial charge in [-0.15, -0.1) is 5.10 Å². The Kier molecular flexibility index (Phi) is 5.06. The van der Waals surface area contributed by atoms with Gasteiger partial charge in [0.1, 0.15) is 10.8 Å². The molecule has 2 atom stereocenters. The molecule has 9 nitrogen and oxygen atoms in total. The first-order valence-electron chi connectivity index (χ1n) is 9.05. The minimum Gasteiger partial charge on any atom is -0.476 e. The van der Waals surface area contributed by atoms with Crippen molar-refractivity contribution in [1.29, 1.82) is 0 Å². The Balaban J connectivity index is 1.44. The van der Waals surface area contributed by atoms with Crippen molar-refractivity contribution in [1.82, 2.24) is 24.5 Å². The van der Waals surface area contributed by atoms with Crippen LogP contribution in [-0.4, -0.2) is 37.1 Å². The SMILES string of the molecule is Cn1ncc(C(=O)Nc2cc(OCC3CC3c3ccccn3)nn(C)c2=O)c1Cl. The fourth-order valence-electron chi connectivity index (χ4n) is 3.09. The quantitative estimate of drug-likeness (QED) is 0.661. The number of aromatic nitrogens is 5. The van der Waals surface area contributed by atoms with Crippen LogP contribution in [0.2, 0.25) is 5.15 Å². The molecule has 1 fully saturated rings. The maximum Gasteiger partial charge on any atom is 0.290 e. The van der Waals surface area contributed by atoms with Crippen molar-refractivity contribution in [2.75, 3.05) is 11.9 Å². The van der Waals surface area contributed by atoms with Crippen LogP contribution in [0.5, 0.6) is 5.88 Å². The lowest BCUT2D eigenvalue weighted by Crippen LogP contribution is -2.26. The average molecular weight is 415 g/mol. The highest BCUT2D eigenvalue weighted by molar-refractivity contribution is 6.33. The third-order valence-corrected chi connectivity index (χ3v) is 5.28. The number of carbonyl (C=O) groups is 1. The molecule has 1 aliphatic rings. The van der Waals surface area contributed by atoms with Crippen LogP contribution < -0.4 is 15.6 Å². The molecule has 3 heterocycles. The molecule has 150 valence electrons. The lowest BCUT2D eigenvalue weighted by molar-refractivity contribution is 0.102. The maximum absolute atomic E-state index is 12.4. The first-order chi connectivity index (χ1) is 13.9. The van der Waals surface area contributed by atoms with E-state index in [4.69, 9.17) is 16.3 Å². The average Bonchev–Trinajstić information content (AvgIpc) is 3.42. The van der Waals surface area contributed by atoms with Crippen LogP contribution in [0.3, 0.4) is 0 Å². The minimum absolute atomic E-state index is 0.0551. The Hall–Kier alpha value is -3.20. The van der Waals surface area contributed by atoms with Gasteiger partial charge in [0, 0.05) is 43.9 Å². The molecule has 1 amide bonds. The molecule has 0 aliphatic heterocycles. The molecular formula is C19H19ClN6O3. The summed E-state index contributed by atoms with van der Waals surface area (Å²) >= 11 is 6.04. The number of anilines is 1. The smallest absolute Gasteiger partial charge is 0.290 e. The number of hydrogen-bond donors (Lipinski definition) is 1. The first-order valence-corrected chi connectivity index (χ1v) is 9.42. The van der Waals surface area contributed by atoms with Crippen molar-refractivity contribution >= 4 is 23.2 Å². The number of ether oxygens (including phenoxy) is 1. The van der Waals surface area contributed by atoms with Crippen LogP contribution in [0.25, 0.3) is 0 Å². The molecule has 0 bridgehead atoms. The predicted octanol–water partition coefficient (Wildman–Crippen LogP) is 2.00. The van der Waals surface area contributed by atoms with E-state index in [9.17, 15) is 9.59 Å². The van der Waals surface area contributed by atoms with E-state index in [1.54, 1.807) is 13.2 Å². The van der Waals surface area contributed by atoms with Crippen LogP contribution >= 0.6 is 11.6 Å². The molecule has 29 heavy (non-hydrogen) atoms. The highest BCUT2D eigenvalue weighted by Gasteiger charge is 2.40. The van der Waals surface area contributed by atoms with E-state index in [1.807, 2.05) is 18.2 Å². The Morgan fingerprint density at radius 2 is 2.17 bits per heavy atom. The zero-order valence-electron chi connectivity index (χ0n) is 15.9. The second-order valence-electron chi connectivity index (χ2n) is 6.92. The Bertz CT molecular complexity index is 1110. The molecule has 3 aromatic heterocycles. The number of nitrogens with one attached hydrogen (secondary N) is 1. The lowest BCUT2D eigenvalue weighted by atomic mass is 10.2. The summed E-state index contributed by atoms with van der Waals surface area (Å²) in [6.45, 7) is 0.453. The highest BCUT2D eigenvalue weighted by atomic mass is 35.5. The molecule has 1 aliphatic carbocycles. The number of carbonyl (C=O) groups excluding carboxylic acids is 1. The summed E-state index contributed by atoms with van der Waals surface area (Å²) in [4.78, 5) is 29.1. The highest BCUT2D eigenvalue weighted by Crippen LogP contribution is 2.46. The standard InChI is InChI=1S/C19H19ClN6O3/c1-25-17(20)13(9-22-25)18(27)23-15-8-16(24-26(2)19(15)28)29-10-11-7-12(11)14-5-3-4-6-21-14/h3-6,8-9,11-12H,7,10H2,1-2H3,(H,23,27). The Morgan fingerprint density at radius 3 is 2.86 bits per heavy atom. The van der Waals surface area contributed by atoms with E-state index in [2.05, 4.69) is 20.5 Å². The number of halogens is 1. The number of hydrogen-bond acceptors (Lipinski definition) is 6. The second kappa shape index (κ2) is 7.67. The first kappa shape index (κ1) is 19.1. The van der Waals surface area contributed by atoms with Crippen molar-refractivity contribution in [2.24, 2.45) is 20.0 Å². The van der Waals surface area contributed by atoms with Crippen LogP contribution in [0.1, 0.15) is 28.4 Å². The van der Waals surface area contributed by atoms with E-state index in [0.717, 1.165) is 16.8 Å². The van der Waals surface area contributed by atoms with Crippen LogP contribution in [0.15, 0.2) is 41.5 Å². The Morgan fingerprint density at radius 1 is 1.34 bits per heavy atom. The van der Waals surface area contributed by atoms with E-state index < -0.39 is 11.5 Å². The Labute approximate surface area is 171 Å². The van der Waals surface area contributed by atoms with Gasteiger partial charge in [-0.05, 0) is 18.6 Å². The molecule has 0 saturated heterocycles. The van der Waals surface area contributed by atoms with Gasteiger partial charge in [0.15, 0.2) is 0 Å². The molecule has 10 heteroatoms. The number of rotatable bonds is 6. The third-order valence-electron chi connectivity index (χ3n) is 4.84. The van der Waals surface area contributed by atoms with Gasteiger partial charge in [-0.1, -0.05) is 17.7 Å². The summed E-state index contributed by atoms with van der Waals surface area (Å²) in [6.07, 6.45) is 4.11. The van der Waals surface area contributed by atoms with Gasteiger partial charge in [0.25, 0.3) is 11.5 Å². The summed E-state index contributed by atoms with van der Waals surface area (Å²) in [5.41, 5.74) is 0.825. The minimum atomic E-state index is -0.533. The lowest BCUT2D eigenvalue weighted by Gasteiger charge is -2.10. The second-order valence-corrected chi connectivity index (χ2v) is 7.28. The molecule has 4 rings (SSSR count). The number of nitrogens with zero attached hydrogens (tertiary/aromatic N) is 5. The van der Waals surface area contributed by atoms with Gasteiger partial charge in [-0.3, -0.25) is 19.3 Å². The van der Waals surface area contributed by atoms with Crippen LogP contribution in [0, 0.1) is 5.92 Å². The van der Waals surface area contributed by atoms with Crippen LogP contribution in [-0.2, 0) is 14.1 Å². The summed E-state index contributed by atoms with van der Waals surface area (Å²) in [5, 5.41) is 10.8. The third kappa shape index (κ3) is 4.00. The summed E-state index contributed by atoms with van der Waals surface area (Å²) in [5.74, 6) is 0.438. The molecule has 1 N–H and O–H groups in total. The van der Waals surface area contributed by atoms with Gasteiger partial charge >= 0.3 is 0 Å². The molecule has 0 spiro atoms. The predicted molar refractivity (Wildman–Crippen MR) is 106 cm³/mol.